The van der Waals surface area contributed by atoms with E-state index in [0.29, 0.717) is 10.5 Å². The molecule has 3 nitrogen and oxygen atoms in total. The summed E-state index contributed by atoms with van der Waals surface area (Å²) in [5.41, 5.74) is 2.93. The van der Waals surface area contributed by atoms with Crippen molar-refractivity contribution in [3.63, 3.8) is 0 Å². The third kappa shape index (κ3) is 2.45. The van der Waals surface area contributed by atoms with Gasteiger partial charge < -0.3 is 4.98 Å². The molecule has 88 valence electrons. The van der Waals surface area contributed by atoms with E-state index >= 15 is 0 Å². The summed E-state index contributed by atoms with van der Waals surface area (Å²) < 4.78 is 1.54. The molecule has 1 N–H and O–H groups in total. The summed E-state index contributed by atoms with van der Waals surface area (Å²) in [5.74, 6) is 0.713. The molecular formula is C12H12BrN3S. The van der Waals surface area contributed by atoms with Gasteiger partial charge in [-0.1, -0.05) is 19.1 Å². The third-order valence-electron chi connectivity index (χ3n) is 2.59. The molecule has 0 aliphatic heterocycles. The molecule has 0 bridgehead atoms. The second-order valence-corrected chi connectivity index (χ2v) is 4.92. The van der Waals surface area contributed by atoms with Crippen LogP contribution >= 0.6 is 28.1 Å². The van der Waals surface area contributed by atoms with Crippen LogP contribution < -0.4 is 0 Å². The van der Waals surface area contributed by atoms with Gasteiger partial charge in [-0.3, -0.25) is 4.98 Å². The monoisotopic (exact) mass is 309 g/mol. The third-order valence-corrected chi connectivity index (χ3v) is 3.63. The van der Waals surface area contributed by atoms with Crippen molar-refractivity contribution >= 4 is 28.1 Å². The highest BCUT2D eigenvalue weighted by Crippen LogP contribution is 2.23. The van der Waals surface area contributed by atoms with Gasteiger partial charge in [0.25, 0.3) is 0 Å². The van der Waals surface area contributed by atoms with Crippen LogP contribution in [0.5, 0.6) is 0 Å². The minimum absolute atomic E-state index is 0.633. The van der Waals surface area contributed by atoms with Crippen molar-refractivity contribution < 1.29 is 0 Å². The van der Waals surface area contributed by atoms with Gasteiger partial charge in [0, 0.05) is 21.9 Å². The number of nitrogens with one attached hydrogen (secondary N) is 1. The number of aromatic amines is 1. The van der Waals surface area contributed by atoms with Crippen LogP contribution in [0.15, 0.2) is 22.8 Å². The number of rotatable bonds is 2. The fraction of sp³-hybridized carbons (Fsp3) is 0.250. The molecular weight excluding hydrogens is 298 g/mol. The van der Waals surface area contributed by atoms with E-state index in [1.54, 1.807) is 6.20 Å². The van der Waals surface area contributed by atoms with Gasteiger partial charge in [-0.25, -0.2) is 4.98 Å². The minimum Gasteiger partial charge on any atom is -0.342 e. The molecule has 2 heterocycles. The Kier molecular flexibility index (Phi) is 3.69. The molecule has 0 spiro atoms. The zero-order chi connectivity index (χ0) is 12.4. The van der Waals surface area contributed by atoms with E-state index in [0.717, 1.165) is 27.8 Å². The second-order valence-electron chi connectivity index (χ2n) is 3.68. The normalized spacial score (nSPS) is 10.5. The number of hydrogen-bond donors (Lipinski definition) is 1. The summed E-state index contributed by atoms with van der Waals surface area (Å²) in [4.78, 5) is 12.0. The lowest BCUT2D eigenvalue weighted by Gasteiger charge is -2.08. The smallest absolute Gasteiger partial charge is 0.159 e. The molecule has 0 aliphatic carbocycles. The predicted molar refractivity (Wildman–Crippen MR) is 74.5 cm³/mol. The highest BCUT2D eigenvalue weighted by Gasteiger charge is 2.09. The fourth-order valence-electron chi connectivity index (χ4n) is 1.60. The van der Waals surface area contributed by atoms with Crippen LogP contribution in [0.25, 0.3) is 11.5 Å². The average Bonchev–Trinajstić information content (AvgIpc) is 2.33. The van der Waals surface area contributed by atoms with E-state index in [2.05, 4.69) is 37.8 Å². The van der Waals surface area contributed by atoms with Crippen LogP contribution in [0, 0.1) is 11.6 Å². The Labute approximate surface area is 113 Å². The zero-order valence-corrected chi connectivity index (χ0v) is 12.0. The largest absolute Gasteiger partial charge is 0.342 e. The lowest BCUT2D eigenvalue weighted by molar-refractivity contribution is 0.962. The molecule has 0 atom stereocenters. The highest BCUT2D eigenvalue weighted by atomic mass is 79.9. The molecule has 17 heavy (non-hydrogen) atoms. The molecule has 5 heteroatoms. The van der Waals surface area contributed by atoms with E-state index in [9.17, 15) is 0 Å². The first-order chi connectivity index (χ1) is 8.13. The van der Waals surface area contributed by atoms with Gasteiger partial charge in [0.15, 0.2) is 5.82 Å². The van der Waals surface area contributed by atoms with Crippen molar-refractivity contribution in [1.82, 2.24) is 15.0 Å². The van der Waals surface area contributed by atoms with E-state index in [-0.39, 0.29) is 0 Å². The molecule has 0 aliphatic rings. The molecule has 0 saturated heterocycles. The first-order valence-electron chi connectivity index (χ1n) is 5.34. The Morgan fingerprint density at radius 2 is 2.24 bits per heavy atom. The van der Waals surface area contributed by atoms with Crippen LogP contribution in [0.1, 0.15) is 18.2 Å². The Bertz CT molecular complexity index is 607. The maximum Gasteiger partial charge on any atom is 0.159 e. The Morgan fingerprint density at radius 1 is 1.47 bits per heavy atom. The molecule has 0 fully saturated rings. The summed E-state index contributed by atoms with van der Waals surface area (Å²) in [6.07, 6.45) is 2.64. The lowest BCUT2D eigenvalue weighted by atomic mass is 10.2. The first kappa shape index (κ1) is 12.4. The number of pyridine rings is 1. The van der Waals surface area contributed by atoms with Crippen molar-refractivity contribution in [3.05, 3.63) is 38.7 Å². The van der Waals surface area contributed by atoms with Crippen molar-refractivity contribution in [2.75, 3.05) is 0 Å². The number of aryl methyl sites for hydroxylation is 1. The summed E-state index contributed by atoms with van der Waals surface area (Å²) in [6, 6.07) is 3.81. The highest BCUT2D eigenvalue weighted by molar-refractivity contribution is 9.10. The van der Waals surface area contributed by atoms with Gasteiger partial charge in [0.05, 0.1) is 0 Å². The molecule has 0 unspecified atom stereocenters. The average molecular weight is 310 g/mol. The molecule has 0 radical (unpaired) electrons. The SMILES string of the molecule is CCc1[nH]c(-c2ncccc2Br)nc(=S)c1C. The van der Waals surface area contributed by atoms with Crippen LogP contribution in [-0.4, -0.2) is 15.0 Å². The van der Waals surface area contributed by atoms with Crippen molar-refractivity contribution in [2.45, 2.75) is 20.3 Å². The lowest BCUT2D eigenvalue weighted by Crippen LogP contribution is -2.00. The number of H-pyrrole nitrogens is 1. The van der Waals surface area contributed by atoms with E-state index in [1.165, 1.54) is 0 Å². The van der Waals surface area contributed by atoms with E-state index < -0.39 is 0 Å². The van der Waals surface area contributed by atoms with E-state index in [1.807, 2.05) is 19.1 Å². The number of halogens is 1. The summed E-state index contributed by atoms with van der Waals surface area (Å²) in [6.45, 7) is 4.08. The van der Waals surface area contributed by atoms with Crippen LogP contribution in [0.3, 0.4) is 0 Å². The van der Waals surface area contributed by atoms with Crippen molar-refractivity contribution in [2.24, 2.45) is 0 Å². The Morgan fingerprint density at radius 3 is 2.88 bits per heavy atom. The summed E-state index contributed by atoms with van der Waals surface area (Å²) in [5, 5.41) is 0. The van der Waals surface area contributed by atoms with Gasteiger partial charge >= 0.3 is 0 Å². The van der Waals surface area contributed by atoms with Crippen LogP contribution in [0.4, 0.5) is 0 Å². The van der Waals surface area contributed by atoms with Gasteiger partial charge in [0.1, 0.15) is 10.3 Å². The maximum atomic E-state index is 5.26. The van der Waals surface area contributed by atoms with Crippen molar-refractivity contribution in [1.29, 1.82) is 0 Å². The van der Waals surface area contributed by atoms with Gasteiger partial charge in [-0.2, -0.15) is 0 Å². The molecule has 2 aromatic rings. The zero-order valence-electron chi connectivity index (χ0n) is 9.62. The molecule has 2 aromatic heterocycles. The number of nitrogens with zero attached hydrogens (tertiary/aromatic N) is 2. The summed E-state index contributed by atoms with van der Waals surface area (Å²) in [7, 11) is 0. The fourth-order valence-corrected chi connectivity index (χ4v) is 2.26. The first-order valence-corrected chi connectivity index (χ1v) is 6.54. The topological polar surface area (TPSA) is 41.6 Å². The minimum atomic E-state index is 0.633. The van der Waals surface area contributed by atoms with Gasteiger partial charge in [-0.15, -0.1) is 0 Å². The molecule has 2 rings (SSSR count). The van der Waals surface area contributed by atoms with E-state index in [4.69, 9.17) is 12.2 Å². The predicted octanol–water partition coefficient (Wildman–Crippen LogP) is 3.83. The van der Waals surface area contributed by atoms with Gasteiger partial charge in [-0.05, 0) is 41.4 Å². The standard InChI is InChI=1S/C12H12BrN3S/c1-3-9-7(2)12(17)16-11(15-9)10-8(13)5-4-6-14-10/h4-6H,3H2,1-2H3,(H,15,16,17). The Balaban J connectivity index is 2.66. The second kappa shape index (κ2) is 5.06. The number of hydrogen-bond acceptors (Lipinski definition) is 3. The van der Waals surface area contributed by atoms with Crippen LogP contribution in [-0.2, 0) is 6.42 Å². The number of aromatic nitrogens is 3. The Hall–Kier alpha value is -1.07. The maximum absolute atomic E-state index is 5.26. The van der Waals surface area contributed by atoms with Crippen molar-refractivity contribution in [3.8, 4) is 11.5 Å². The summed E-state index contributed by atoms with van der Waals surface area (Å²) >= 11 is 8.73. The molecule has 0 saturated carbocycles. The van der Waals surface area contributed by atoms with Crippen LogP contribution in [0.2, 0.25) is 0 Å². The molecule has 0 aromatic carbocycles. The quantitative estimate of drug-likeness (QED) is 0.857. The molecule has 0 amide bonds. The van der Waals surface area contributed by atoms with Gasteiger partial charge in [0.2, 0.25) is 0 Å².